The Hall–Kier alpha value is -2.64. The van der Waals surface area contributed by atoms with E-state index in [1.54, 1.807) is 12.1 Å². The third kappa shape index (κ3) is 3.58. The highest BCUT2D eigenvalue weighted by molar-refractivity contribution is 5.96. The lowest BCUT2D eigenvalue weighted by Gasteiger charge is -2.09. The molecule has 0 radical (unpaired) electrons. The molecule has 1 saturated carbocycles. The van der Waals surface area contributed by atoms with Gasteiger partial charge >= 0.3 is 0 Å². The van der Waals surface area contributed by atoms with E-state index in [1.807, 2.05) is 0 Å². The van der Waals surface area contributed by atoms with Gasteiger partial charge in [0.25, 0.3) is 5.91 Å². The van der Waals surface area contributed by atoms with Crippen LogP contribution < -0.4 is 14.8 Å². The number of hydrogen-bond acceptors (Lipinski definition) is 7. The van der Waals surface area contributed by atoms with E-state index in [0.717, 1.165) is 12.8 Å². The lowest BCUT2D eigenvalue weighted by Crippen LogP contribution is -2.26. The molecule has 0 saturated heterocycles. The fourth-order valence-corrected chi connectivity index (χ4v) is 2.11. The normalized spacial score (nSPS) is 13.7. The van der Waals surface area contributed by atoms with E-state index in [9.17, 15) is 4.79 Å². The van der Waals surface area contributed by atoms with Gasteiger partial charge in [-0.2, -0.15) is 9.97 Å². The fourth-order valence-electron chi connectivity index (χ4n) is 2.11. The van der Waals surface area contributed by atoms with Crippen LogP contribution in [0, 0.1) is 0 Å². The molecule has 1 aliphatic rings. The number of methoxy groups -OCH3 is 2. The second kappa shape index (κ2) is 6.64. The van der Waals surface area contributed by atoms with Crippen LogP contribution in [0.5, 0.6) is 11.8 Å². The molecule has 2 heterocycles. The van der Waals surface area contributed by atoms with Gasteiger partial charge in [0.1, 0.15) is 5.56 Å². The largest absolute Gasteiger partial charge is 0.481 e. The Balaban J connectivity index is 1.56. The van der Waals surface area contributed by atoms with Gasteiger partial charge in [-0.15, -0.1) is 0 Å². The summed E-state index contributed by atoms with van der Waals surface area (Å²) in [7, 11) is 2.96. The van der Waals surface area contributed by atoms with E-state index in [0.29, 0.717) is 42.0 Å². The summed E-state index contributed by atoms with van der Waals surface area (Å²) in [5.74, 6) is 2.07. The standard InChI is InChI=1S/C15H18N4O4/c1-21-12-6-5-10(15(18-12)22-2)13(20)16-8-7-11-17-14(23-19-11)9-3-4-9/h5-6,9H,3-4,7-8H2,1-2H3,(H,16,20). The molecule has 8 nitrogen and oxygen atoms in total. The third-order valence-electron chi connectivity index (χ3n) is 3.53. The highest BCUT2D eigenvalue weighted by Gasteiger charge is 2.29. The summed E-state index contributed by atoms with van der Waals surface area (Å²) in [4.78, 5) is 20.6. The maximum Gasteiger partial charge on any atom is 0.256 e. The van der Waals surface area contributed by atoms with E-state index in [2.05, 4.69) is 20.4 Å². The van der Waals surface area contributed by atoms with Crippen molar-refractivity contribution in [2.75, 3.05) is 20.8 Å². The minimum atomic E-state index is -0.275. The Kier molecular flexibility index (Phi) is 4.40. The van der Waals surface area contributed by atoms with Crippen LogP contribution in [0.3, 0.4) is 0 Å². The number of aromatic nitrogens is 3. The van der Waals surface area contributed by atoms with Gasteiger partial charge in [-0.25, -0.2) is 0 Å². The predicted octanol–water partition coefficient (Wildman–Crippen LogP) is 1.33. The van der Waals surface area contributed by atoms with Crippen molar-refractivity contribution in [1.29, 1.82) is 0 Å². The Morgan fingerprint density at radius 1 is 1.30 bits per heavy atom. The van der Waals surface area contributed by atoms with Gasteiger partial charge in [-0.3, -0.25) is 4.79 Å². The van der Waals surface area contributed by atoms with Gasteiger partial charge in [0, 0.05) is 24.9 Å². The Labute approximate surface area is 133 Å². The Morgan fingerprint density at radius 2 is 2.13 bits per heavy atom. The molecular formula is C15H18N4O4. The molecular weight excluding hydrogens is 300 g/mol. The molecule has 23 heavy (non-hydrogen) atoms. The van der Waals surface area contributed by atoms with Gasteiger partial charge in [0.15, 0.2) is 5.82 Å². The number of carbonyl (C=O) groups is 1. The topological polar surface area (TPSA) is 99.4 Å². The molecule has 1 N–H and O–H groups in total. The zero-order valence-corrected chi connectivity index (χ0v) is 13.0. The number of nitrogens with zero attached hydrogens (tertiary/aromatic N) is 3. The van der Waals surface area contributed by atoms with E-state index in [1.165, 1.54) is 14.2 Å². The van der Waals surface area contributed by atoms with Crippen molar-refractivity contribution in [3.63, 3.8) is 0 Å². The summed E-state index contributed by atoms with van der Waals surface area (Å²) < 4.78 is 15.3. The fraction of sp³-hybridized carbons (Fsp3) is 0.467. The van der Waals surface area contributed by atoms with Crippen LogP contribution in [0.4, 0.5) is 0 Å². The first-order valence-corrected chi connectivity index (χ1v) is 7.41. The third-order valence-corrected chi connectivity index (χ3v) is 3.53. The summed E-state index contributed by atoms with van der Waals surface area (Å²) in [6.07, 6.45) is 2.74. The summed E-state index contributed by atoms with van der Waals surface area (Å²) in [5.41, 5.74) is 0.347. The molecule has 8 heteroatoms. The van der Waals surface area contributed by atoms with Gasteiger partial charge in [0.2, 0.25) is 17.7 Å². The minimum Gasteiger partial charge on any atom is -0.481 e. The zero-order chi connectivity index (χ0) is 16.2. The van der Waals surface area contributed by atoms with Crippen LogP contribution in [0.15, 0.2) is 16.7 Å². The molecule has 122 valence electrons. The van der Waals surface area contributed by atoms with Gasteiger partial charge in [-0.05, 0) is 18.9 Å². The summed E-state index contributed by atoms with van der Waals surface area (Å²) >= 11 is 0. The van der Waals surface area contributed by atoms with Crippen molar-refractivity contribution in [2.24, 2.45) is 0 Å². The molecule has 1 aliphatic carbocycles. The van der Waals surface area contributed by atoms with Gasteiger partial charge < -0.3 is 19.3 Å². The molecule has 0 aromatic carbocycles. The van der Waals surface area contributed by atoms with Crippen LogP contribution in [0.2, 0.25) is 0 Å². The molecule has 1 fully saturated rings. The highest BCUT2D eigenvalue weighted by atomic mass is 16.5. The molecule has 0 spiro atoms. The Bertz CT molecular complexity index is 697. The second-order valence-electron chi connectivity index (χ2n) is 5.24. The molecule has 2 aromatic rings. The van der Waals surface area contributed by atoms with Gasteiger partial charge in [0.05, 0.1) is 14.2 Å². The number of rotatable bonds is 7. The molecule has 0 aliphatic heterocycles. The van der Waals surface area contributed by atoms with Gasteiger partial charge in [-0.1, -0.05) is 5.16 Å². The maximum atomic E-state index is 12.2. The van der Waals surface area contributed by atoms with Crippen molar-refractivity contribution >= 4 is 5.91 Å². The zero-order valence-electron chi connectivity index (χ0n) is 13.0. The monoisotopic (exact) mass is 318 g/mol. The first-order chi connectivity index (χ1) is 11.2. The lowest BCUT2D eigenvalue weighted by molar-refractivity contribution is 0.0950. The van der Waals surface area contributed by atoms with Crippen LogP contribution in [-0.2, 0) is 6.42 Å². The van der Waals surface area contributed by atoms with Crippen LogP contribution in [0.1, 0.15) is 40.8 Å². The SMILES string of the molecule is COc1ccc(C(=O)NCCc2noc(C3CC3)n2)c(OC)n1. The van der Waals surface area contributed by atoms with Crippen LogP contribution >= 0.6 is 0 Å². The maximum absolute atomic E-state index is 12.2. The van der Waals surface area contributed by atoms with Crippen molar-refractivity contribution < 1.29 is 18.8 Å². The van der Waals surface area contributed by atoms with E-state index in [4.69, 9.17) is 14.0 Å². The predicted molar refractivity (Wildman–Crippen MR) is 79.7 cm³/mol. The smallest absolute Gasteiger partial charge is 0.256 e. The first kappa shape index (κ1) is 15.3. The lowest BCUT2D eigenvalue weighted by atomic mass is 10.2. The van der Waals surface area contributed by atoms with Crippen molar-refractivity contribution in [3.8, 4) is 11.8 Å². The summed E-state index contributed by atoms with van der Waals surface area (Å²) in [6.45, 7) is 0.400. The average molecular weight is 318 g/mol. The van der Waals surface area contributed by atoms with E-state index >= 15 is 0 Å². The minimum absolute atomic E-state index is 0.220. The molecule has 0 atom stereocenters. The number of pyridine rings is 1. The van der Waals surface area contributed by atoms with E-state index in [-0.39, 0.29) is 11.8 Å². The number of hydrogen-bond donors (Lipinski definition) is 1. The van der Waals surface area contributed by atoms with Crippen molar-refractivity contribution in [2.45, 2.75) is 25.2 Å². The molecule has 3 rings (SSSR count). The molecule has 0 bridgehead atoms. The molecule has 1 amide bonds. The number of amides is 1. The summed E-state index contributed by atoms with van der Waals surface area (Å²) in [6, 6.07) is 3.22. The Morgan fingerprint density at radius 3 is 2.83 bits per heavy atom. The quantitative estimate of drug-likeness (QED) is 0.822. The first-order valence-electron chi connectivity index (χ1n) is 7.41. The average Bonchev–Trinajstić information content (AvgIpc) is 3.33. The number of nitrogens with one attached hydrogen (secondary N) is 1. The second-order valence-corrected chi connectivity index (χ2v) is 5.24. The van der Waals surface area contributed by atoms with E-state index < -0.39 is 0 Å². The molecule has 0 unspecified atom stereocenters. The van der Waals surface area contributed by atoms with Crippen molar-refractivity contribution in [3.05, 3.63) is 29.4 Å². The number of carbonyl (C=O) groups excluding carboxylic acids is 1. The molecule has 2 aromatic heterocycles. The van der Waals surface area contributed by atoms with Crippen molar-refractivity contribution in [1.82, 2.24) is 20.4 Å². The highest BCUT2D eigenvalue weighted by Crippen LogP contribution is 2.38. The number of ether oxygens (including phenoxy) is 2. The van der Waals surface area contributed by atoms with Crippen LogP contribution in [-0.4, -0.2) is 41.8 Å². The van der Waals surface area contributed by atoms with Crippen LogP contribution in [0.25, 0.3) is 0 Å². The summed E-state index contributed by atoms with van der Waals surface area (Å²) in [5, 5.41) is 6.70.